The van der Waals surface area contributed by atoms with Crippen LogP contribution in [0.5, 0.6) is 0 Å². The Morgan fingerprint density at radius 3 is 1.84 bits per heavy atom. The number of nitrogens with zero attached hydrogens (tertiary/aromatic N) is 2. The van der Waals surface area contributed by atoms with E-state index < -0.39 is 0 Å². The van der Waals surface area contributed by atoms with Crippen LogP contribution in [0.3, 0.4) is 0 Å². The summed E-state index contributed by atoms with van der Waals surface area (Å²) in [6, 6.07) is 14.8. The van der Waals surface area contributed by atoms with Gasteiger partial charge in [-0.3, -0.25) is 24.1 Å². The largest absolute Gasteiger partial charge is 0.311 e. The quantitative estimate of drug-likeness (QED) is 0.558. The molecule has 2 heterocycles. The molecule has 0 spiro atoms. The van der Waals surface area contributed by atoms with Crippen LogP contribution in [0.25, 0.3) is 11.1 Å². The Morgan fingerprint density at radius 1 is 0.844 bits per heavy atom. The maximum absolute atomic E-state index is 12.1. The van der Waals surface area contributed by atoms with Gasteiger partial charge in [-0.1, -0.05) is 42.3 Å². The predicted octanol–water partition coefficient (Wildman–Crippen LogP) is 3.27. The Kier molecular flexibility index (Phi) is 6.50. The fourth-order valence-electron chi connectivity index (χ4n) is 3.64. The smallest absolute Gasteiger partial charge is 0.259 e. The van der Waals surface area contributed by atoms with Crippen LogP contribution in [0.4, 0.5) is 11.4 Å². The van der Waals surface area contributed by atoms with Gasteiger partial charge in [0.1, 0.15) is 0 Å². The summed E-state index contributed by atoms with van der Waals surface area (Å²) in [5.41, 5.74) is 4.13. The molecule has 6 nitrogen and oxygen atoms in total. The molecule has 160 valence electrons. The van der Waals surface area contributed by atoms with E-state index in [-0.39, 0.29) is 29.9 Å². The van der Waals surface area contributed by atoms with Crippen LogP contribution in [0.1, 0.15) is 25.0 Å². The van der Waals surface area contributed by atoms with E-state index in [0.29, 0.717) is 11.1 Å². The van der Waals surface area contributed by atoms with Gasteiger partial charge in [0.2, 0.25) is 0 Å². The third kappa shape index (κ3) is 4.28. The van der Waals surface area contributed by atoms with Crippen molar-refractivity contribution >= 4 is 45.9 Å². The molecule has 0 radical (unpaired) electrons. The highest BCUT2D eigenvalue weighted by molar-refractivity contribution is 6.35. The molecule has 0 aliphatic carbocycles. The molecule has 2 aromatic rings. The van der Waals surface area contributed by atoms with Gasteiger partial charge in [-0.15, -0.1) is 6.42 Å². The van der Waals surface area contributed by atoms with Gasteiger partial charge in [0.15, 0.2) is 11.6 Å². The second kappa shape index (κ2) is 9.27. The Bertz CT molecular complexity index is 1230. The van der Waals surface area contributed by atoms with Crippen molar-refractivity contribution in [1.29, 1.82) is 0 Å². The molecule has 0 unspecified atom stereocenters. The lowest BCUT2D eigenvalue weighted by molar-refractivity contribution is -0.114. The molecular weight excluding hydrogens is 404 g/mol. The van der Waals surface area contributed by atoms with Gasteiger partial charge >= 0.3 is 0 Å². The number of para-hydroxylation sites is 2. The number of ketones is 2. The van der Waals surface area contributed by atoms with Crippen molar-refractivity contribution in [1.82, 2.24) is 0 Å². The number of benzene rings is 2. The molecule has 0 atom stereocenters. The second-order valence-electron chi connectivity index (χ2n) is 7.33. The first-order valence-electron chi connectivity index (χ1n) is 9.93. The summed E-state index contributed by atoms with van der Waals surface area (Å²) in [5.74, 6) is 1.86. The fraction of sp³-hybridized carbons (Fsp3) is 0.154. The molecule has 6 heteroatoms. The Morgan fingerprint density at radius 2 is 1.31 bits per heavy atom. The van der Waals surface area contributed by atoms with Crippen molar-refractivity contribution in [2.24, 2.45) is 0 Å². The number of fused-ring (bicyclic) bond motifs is 2. The average Bonchev–Trinajstić information content (AvgIpc) is 3.16. The number of hydrogen-bond donors (Lipinski definition) is 0. The number of amides is 2. The van der Waals surface area contributed by atoms with Crippen LogP contribution in [0.2, 0.25) is 0 Å². The van der Waals surface area contributed by atoms with Crippen LogP contribution in [-0.2, 0) is 19.2 Å². The number of likely N-dealkylation sites (N-methyl/N-ethyl adjacent to an activating group) is 1. The van der Waals surface area contributed by atoms with Gasteiger partial charge in [-0.25, -0.2) is 0 Å². The first-order chi connectivity index (χ1) is 15.3. The van der Waals surface area contributed by atoms with Crippen LogP contribution in [-0.4, -0.2) is 37.0 Å². The number of anilines is 2. The SMILES string of the molecule is C#CCN1C(=O)/C(=C/C(C)=O)c2ccccc21.CC(=O)/C=C1/C(=O)N(C)c2ccccc21. The van der Waals surface area contributed by atoms with Gasteiger partial charge in [0.25, 0.3) is 11.8 Å². The first kappa shape index (κ1) is 22.4. The topological polar surface area (TPSA) is 74.8 Å². The summed E-state index contributed by atoms with van der Waals surface area (Å²) in [6.45, 7) is 3.08. The maximum Gasteiger partial charge on any atom is 0.259 e. The van der Waals surface area contributed by atoms with Gasteiger partial charge in [-0.05, 0) is 38.1 Å². The third-order valence-electron chi connectivity index (χ3n) is 5.00. The third-order valence-corrected chi connectivity index (χ3v) is 5.00. The molecule has 2 aliphatic rings. The van der Waals surface area contributed by atoms with E-state index >= 15 is 0 Å². The lowest BCUT2D eigenvalue weighted by Crippen LogP contribution is -2.26. The number of allylic oxidation sites excluding steroid dienone is 2. The minimum Gasteiger partial charge on any atom is -0.311 e. The van der Waals surface area contributed by atoms with Crippen LogP contribution in [0, 0.1) is 12.3 Å². The molecular formula is C26H22N2O4. The highest BCUT2D eigenvalue weighted by atomic mass is 16.2. The van der Waals surface area contributed by atoms with E-state index in [1.54, 1.807) is 11.9 Å². The van der Waals surface area contributed by atoms with E-state index in [1.165, 1.54) is 30.9 Å². The zero-order valence-electron chi connectivity index (χ0n) is 18.1. The van der Waals surface area contributed by atoms with Crippen molar-refractivity contribution in [3.8, 4) is 12.3 Å². The van der Waals surface area contributed by atoms with Crippen LogP contribution >= 0.6 is 0 Å². The molecule has 32 heavy (non-hydrogen) atoms. The fourth-order valence-corrected chi connectivity index (χ4v) is 3.64. The van der Waals surface area contributed by atoms with E-state index in [1.807, 2.05) is 48.5 Å². The summed E-state index contributed by atoms with van der Waals surface area (Å²) in [5, 5.41) is 0. The molecule has 0 aromatic heterocycles. The van der Waals surface area contributed by atoms with Crippen molar-refractivity contribution in [3.05, 3.63) is 71.8 Å². The van der Waals surface area contributed by atoms with Gasteiger partial charge in [-0.2, -0.15) is 0 Å². The molecule has 0 N–H and O–H groups in total. The predicted molar refractivity (Wildman–Crippen MR) is 125 cm³/mol. The van der Waals surface area contributed by atoms with Crippen LogP contribution in [0.15, 0.2) is 60.7 Å². The summed E-state index contributed by atoms with van der Waals surface area (Å²) in [4.78, 5) is 49.1. The van der Waals surface area contributed by atoms with Crippen molar-refractivity contribution in [2.75, 3.05) is 23.4 Å². The number of carbonyl (C=O) groups is 4. The van der Waals surface area contributed by atoms with E-state index in [2.05, 4.69) is 5.92 Å². The molecule has 4 rings (SSSR count). The number of carbonyl (C=O) groups excluding carboxylic acids is 4. The van der Waals surface area contributed by atoms with Crippen molar-refractivity contribution < 1.29 is 19.2 Å². The van der Waals surface area contributed by atoms with Gasteiger partial charge in [0.05, 0.1) is 29.1 Å². The minimum absolute atomic E-state index is 0.108. The first-order valence-corrected chi connectivity index (χ1v) is 9.93. The number of terminal acetylenes is 1. The second-order valence-corrected chi connectivity index (χ2v) is 7.33. The highest BCUT2D eigenvalue weighted by Gasteiger charge is 2.31. The summed E-state index contributed by atoms with van der Waals surface area (Å²) in [7, 11) is 1.71. The minimum atomic E-state index is -0.209. The Hall–Kier alpha value is -4.24. The van der Waals surface area contributed by atoms with E-state index in [9.17, 15) is 19.2 Å². The van der Waals surface area contributed by atoms with E-state index in [0.717, 1.165) is 22.5 Å². The maximum atomic E-state index is 12.1. The molecule has 0 saturated heterocycles. The number of hydrogen-bond acceptors (Lipinski definition) is 4. The highest BCUT2D eigenvalue weighted by Crippen LogP contribution is 2.36. The molecule has 2 aromatic carbocycles. The molecule has 0 bridgehead atoms. The van der Waals surface area contributed by atoms with Crippen molar-refractivity contribution in [2.45, 2.75) is 13.8 Å². The van der Waals surface area contributed by atoms with E-state index in [4.69, 9.17) is 6.42 Å². The monoisotopic (exact) mass is 426 g/mol. The zero-order chi connectivity index (χ0) is 23.4. The summed E-state index contributed by atoms with van der Waals surface area (Å²) in [6.07, 6.45) is 8.00. The normalized spacial score (nSPS) is 16.4. The lowest BCUT2D eigenvalue weighted by atomic mass is 10.1. The average molecular weight is 426 g/mol. The molecule has 0 saturated carbocycles. The molecule has 2 aliphatic heterocycles. The lowest BCUT2D eigenvalue weighted by Gasteiger charge is -2.12. The summed E-state index contributed by atoms with van der Waals surface area (Å²) < 4.78 is 0. The van der Waals surface area contributed by atoms with Crippen LogP contribution < -0.4 is 9.80 Å². The summed E-state index contributed by atoms with van der Waals surface area (Å²) >= 11 is 0. The standard InChI is InChI=1S/C14H11NO2.C12H11NO2/c1-3-8-15-13-7-5-4-6-11(13)12(14(15)17)9-10(2)16;1-8(14)7-10-9-5-3-4-6-11(9)13(2)12(10)15/h1,4-7,9H,8H2,2H3;3-7H,1-2H3/b12-9+;10-7+. The Labute approximate surface area is 186 Å². The molecule has 2 amide bonds. The van der Waals surface area contributed by atoms with Crippen molar-refractivity contribution in [3.63, 3.8) is 0 Å². The van der Waals surface area contributed by atoms with Gasteiger partial charge < -0.3 is 4.90 Å². The molecule has 0 fully saturated rings. The van der Waals surface area contributed by atoms with Gasteiger partial charge in [0, 0.05) is 18.2 Å². The zero-order valence-corrected chi connectivity index (χ0v) is 18.1. The Balaban J connectivity index is 0.000000182. The number of rotatable bonds is 3.